The summed E-state index contributed by atoms with van der Waals surface area (Å²) in [5.41, 5.74) is 1.90. The Morgan fingerprint density at radius 3 is 2.43 bits per heavy atom. The highest BCUT2D eigenvalue weighted by molar-refractivity contribution is 7.99. The lowest BCUT2D eigenvalue weighted by atomic mass is 10.1. The van der Waals surface area contributed by atoms with Gasteiger partial charge in [0, 0.05) is 18.5 Å². The van der Waals surface area contributed by atoms with Gasteiger partial charge in [-0.15, -0.1) is 11.8 Å². The lowest BCUT2D eigenvalue weighted by Crippen LogP contribution is -2.38. The second-order valence-corrected chi connectivity index (χ2v) is 9.73. The number of hydrogen-bond acceptors (Lipinski definition) is 4. The van der Waals surface area contributed by atoms with Crippen LogP contribution in [0.25, 0.3) is 0 Å². The van der Waals surface area contributed by atoms with E-state index in [1.54, 1.807) is 42.1 Å². The minimum Gasteiger partial charge on any atom is -0.355 e. The number of thioether (sulfide) groups is 1. The largest absolute Gasteiger partial charge is 0.355 e. The lowest BCUT2D eigenvalue weighted by molar-refractivity contribution is -0.121. The topological polar surface area (TPSA) is 66.5 Å². The van der Waals surface area contributed by atoms with Crippen LogP contribution in [0, 0.1) is 19.7 Å². The molecule has 0 radical (unpaired) electrons. The zero-order valence-electron chi connectivity index (χ0n) is 16.2. The van der Waals surface area contributed by atoms with Gasteiger partial charge < -0.3 is 5.32 Å². The van der Waals surface area contributed by atoms with E-state index in [1.165, 1.54) is 19.2 Å². The van der Waals surface area contributed by atoms with Crippen molar-refractivity contribution < 1.29 is 17.6 Å². The van der Waals surface area contributed by atoms with E-state index in [-0.39, 0.29) is 23.2 Å². The number of carbonyl (C=O) groups excluding carboxylic acids is 1. The summed E-state index contributed by atoms with van der Waals surface area (Å²) in [4.78, 5) is 13.2. The number of amides is 1. The van der Waals surface area contributed by atoms with Gasteiger partial charge >= 0.3 is 0 Å². The van der Waals surface area contributed by atoms with Crippen molar-refractivity contribution >= 4 is 27.7 Å². The van der Waals surface area contributed by atoms with Crippen LogP contribution in [0.15, 0.2) is 52.3 Å². The van der Waals surface area contributed by atoms with Gasteiger partial charge in [0.2, 0.25) is 15.9 Å². The molecule has 0 aliphatic carbocycles. The highest BCUT2D eigenvalue weighted by atomic mass is 32.2. The molecule has 8 heteroatoms. The van der Waals surface area contributed by atoms with Gasteiger partial charge in [-0.3, -0.25) is 4.79 Å². The lowest BCUT2D eigenvalue weighted by Gasteiger charge is -2.17. The Hall–Kier alpha value is -1.90. The first-order valence-corrected chi connectivity index (χ1v) is 11.3. The summed E-state index contributed by atoms with van der Waals surface area (Å²) < 4.78 is 39.1. The number of aryl methyl sites for hydroxylation is 2. The average Bonchev–Trinajstić information content (AvgIpc) is 2.65. The number of hydrogen-bond donors (Lipinski definition) is 1. The van der Waals surface area contributed by atoms with E-state index >= 15 is 0 Å². The summed E-state index contributed by atoms with van der Waals surface area (Å²) in [6, 6.07) is 11.2. The van der Waals surface area contributed by atoms with Gasteiger partial charge in [-0.1, -0.05) is 6.07 Å². The molecule has 1 amide bonds. The van der Waals surface area contributed by atoms with E-state index in [4.69, 9.17) is 0 Å². The molecular weight excluding hydrogens is 399 g/mol. The Labute approximate surface area is 170 Å². The molecule has 0 aliphatic heterocycles. The molecule has 2 aromatic rings. The minimum atomic E-state index is -3.71. The second kappa shape index (κ2) is 10.0. The zero-order valence-corrected chi connectivity index (χ0v) is 17.9. The van der Waals surface area contributed by atoms with Gasteiger partial charge in [-0.2, -0.15) is 4.31 Å². The number of nitrogens with one attached hydrogen (secondary N) is 1. The molecule has 1 N–H and O–H groups in total. The summed E-state index contributed by atoms with van der Waals surface area (Å²) in [5.74, 6) is 0.154. The van der Waals surface area contributed by atoms with Crippen molar-refractivity contribution in [2.45, 2.75) is 30.1 Å². The first-order valence-electron chi connectivity index (χ1n) is 8.89. The van der Waals surface area contributed by atoms with E-state index in [1.807, 2.05) is 13.8 Å². The Morgan fingerprint density at radius 1 is 1.11 bits per heavy atom. The highest BCUT2D eigenvalue weighted by Crippen LogP contribution is 2.19. The average molecular weight is 425 g/mol. The van der Waals surface area contributed by atoms with E-state index < -0.39 is 10.0 Å². The monoisotopic (exact) mass is 424 g/mol. The molecule has 0 saturated heterocycles. The minimum absolute atomic E-state index is 0.182. The van der Waals surface area contributed by atoms with Crippen molar-refractivity contribution in [2.75, 3.05) is 25.9 Å². The van der Waals surface area contributed by atoms with Crippen LogP contribution in [-0.2, 0) is 14.8 Å². The Morgan fingerprint density at radius 2 is 1.79 bits per heavy atom. The summed E-state index contributed by atoms with van der Waals surface area (Å²) in [6.07, 6.45) is 0.724. The summed E-state index contributed by atoms with van der Waals surface area (Å²) in [5, 5.41) is 2.73. The third-order valence-electron chi connectivity index (χ3n) is 4.28. The zero-order chi connectivity index (χ0) is 20.7. The molecule has 0 atom stereocenters. The molecule has 152 valence electrons. The molecule has 0 aromatic heterocycles. The standard InChI is InChI=1S/C20H25FN2O3S2/c1-15-5-10-19(13-16(15)2)28(25,26)23(3)14-20(24)22-11-4-12-27-18-8-6-17(21)7-9-18/h5-10,13H,4,11-12,14H2,1-3H3,(H,22,24). The van der Waals surface area contributed by atoms with Gasteiger partial charge in [0.1, 0.15) is 5.82 Å². The number of carbonyl (C=O) groups is 1. The van der Waals surface area contributed by atoms with Gasteiger partial charge in [-0.25, -0.2) is 12.8 Å². The number of benzene rings is 2. The van der Waals surface area contributed by atoms with Crippen LogP contribution in [-0.4, -0.2) is 44.5 Å². The van der Waals surface area contributed by atoms with Crippen LogP contribution in [0.5, 0.6) is 0 Å². The number of sulfonamides is 1. The maximum absolute atomic E-state index is 12.8. The van der Waals surface area contributed by atoms with Crippen LogP contribution >= 0.6 is 11.8 Å². The third kappa shape index (κ3) is 6.32. The van der Waals surface area contributed by atoms with Crippen LogP contribution < -0.4 is 5.32 Å². The second-order valence-electron chi connectivity index (χ2n) is 6.51. The van der Waals surface area contributed by atoms with E-state index in [0.717, 1.165) is 32.5 Å². The van der Waals surface area contributed by atoms with Crippen molar-refractivity contribution in [1.82, 2.24) is 9.62 Å². The number of likely N-dealkylation sites (N-methyl/N-ethyl adjacent to an activating group) is 1. The molecule has 0 unspecified atom stereocenters. The molecule has 5 nitrogen and oxygen atoms in total. The Kier molecular flexibility index (Phi) is 8.03. The molecule has 2 aromatic carbocycles. The van der Waals surface area contributed by atoms with Crippen LogP contribution in [0.2, 0.25) is 0 Å². The first-order chi connectivity index (χ1) is 13.2. The van der Waals surface area contributed by atoms with Crippen LogP contribution in [0.1, 0.15) is 17.5 Å². The molecule has 2 rings (SSSR count). The summed E-state index contributed by atoms with van der Waals surface area (Å²) in [7, 11) is -2.31. The number of nitrogens with zero attached hydrogens (tertiary/aromatic N) is 1. The highest BCUT2D eigenvalue weighted by Gasteiger charge is 2.23. The number of rotatable bonds is 9. The van der Waals surface area contributed by atoms with E-state index in [2.05, 4.69) is 5.32 Å². The van der Waals surface area contributed by atoms with Crippen LogP contribution in [0.4, 0.5) is 4.39 Å². The predicted octanol–water partition coefficient (Wildman–Crippen LogP) is 3.36. The van der Waals surface area contributed by atoms with Crippen molar-refractivity contribution in [3.05, 3.63) is 59.4 Å². The molecule has 0 bridgehead atoms. The van der Waals surface area contributed by atoms with E-state index in [9.17, 15) is 17.6 Å². The normalized spacial score (nSPS) is 11.6. The molecule has 0 saturated carbocycles. The fourth-order valence-electron chi connectivity index (χ4n) is 2.42. The maximum Gasteiger partial charge on any atom is 0.243 e. The summed E-state index contributed by atoms with van der Waals surface area (Å²) in [6.45, 7) is 3.98. The van der Waals surface area contributed by atoms with Gasteiger partial charge in [0.15, 0.2) is 0 Å². The van der Waals surface area contributed by atoms with Crippen molar-refractivity contribution in [1.29, 1.82) is 0 Å². The fraction of sp³-hybridized carbons (Fsp3) is 0.350. The van der Waals surface area contributed by atoms with Gasteiger partial charge in [0.25, 0.3) is 0 Å². The fourth-order valence-corrected chi connectivity index (χ4v) is 4.48. The van der Waals surface area contributed by atoms with Crippen LogP contribution in [0.3, 0.4) is 0 Å². The SMILES string of the molecule is Cc1ccc(S(=O)(=O)N(C)CC(=O)NCCCSc2ccc(F)cc2)cc1C. The van der Waals surface area contributed by atoms with Gasteiger partial charge in [-0.05, 0) is 73.5 Å². The smallest absolute Gasteiger partial charge is 0.243 e. The maximum atomic E-state index is 12.8. The quantitative estimate of drug-likeness (QED) is 0.495. The summed E-state index contributed by atoms with van der Waals surface area (Å²) >= 11 is 1.57. The third-order valence-corrected chi connectivity index (χ3v) is 7.18. The molecule has 0 spiro atoms. The van der Waals surface area contributed by atoms with Crippen molar-refractivity contribution in [3.63, 3.8) is 0 Å². The van der Waals surface area contributed by atoms with E-state index in [0.29, 0.717) is 6.54 Å². The molecular formula is C20H25FN2O3S2. The first kappa shape index (κ1) is 22.4. The number of halogens is 1. The molecule has 28 heavy (non-hydrogen) atoms. The molecule has 0 heterocycles. The molecule has 0 fully saturated rings. The predicted molar refractivity (Wildman–Crippen MR) is 110 cm³/mol. The van der Waals surface area contributed by atoms with Crippen molar-refractivity contribution in [3.8, 4) is 0 Å². The van der Waals surface area contributed by atoms with Gasteiger partial charge in [0.05, 0.1) is 11.4 Å². The Bertz CT molecular complexity index is 916. The van der Waals surface area contributed by atoms with Crippen molar-refractivity contribution in [2.24, 2.45) is 0 Å². The molecule has 0 aliphatic rings. The Balaban J connectivity index is 1.76.